The lowest BCUT2D eigenvalue weighted by Gasteiger charge is -2.15. The average Bonchev–Trinajstić information content (AvgIpc) is 2.27. The Morgan fingerprint density at radius 1 is 1.58 bits per heavy atom. The fourth-order valence-electron chi connectivity index (χ4n) is 1.55. The number of hydrogen-bond donors (Lipinski definition) is 1. The Bertz CT molecular complexity index is 320. The van der Waals surface area contributed by atoms with Gasteiger partial charge in [-0.15, -0.1) is 0 Å². The molecule has 3 heteroatoms. The lowest BCUT2D eigenvalue weighted by molar-refractivity contribution is 0.569. The predicted octanol–water partition coefficient (Wildman–Crippen LogP) is 0.579. The number of nitrogens with zero attached hydrogens (tertiary/aromatic N) is 1. The van der Waals surface area contributed by atoms with Gasteiger partial charge in [-0.05, 0) is 6.07 Å². The molecule has 0 aliphatic carbocycles. The molecule has 1 N–H and O–H groups in total. The summed E-state index contributed by atoms with van der Waals surface area (Å²) in [5, 5.41) is 3.29. The largest absolute Gasteiger partial charge is 0.383 e. The van der Waals surface area contributed by atoms with E-state index in [-0.39, 0.29) is 5.41 Å². The number of fused-ring (bicyclic) bond motifs is 1. The van der Waals surface area contributed by atoms with E-state index in [4.69, 9.17) is 7.85 Å². The summed E-state index contributed by atoms with van der Waals surface area (Å²) in [5.41, 5.74) is 3.07. The van der Waals surface area contributed by atoms with Gasteiger partial charge >= 0.3 is 0 Å². The number of rotatable bonds is 0. The second kappa shape index (κ2) is 2.25. The van der Waals surface area contributed by atoms with E-state index in [1.165, 1.54) is 0 Å². The summed E-state index contributed by atoms with van der Waals surface area (Å²) in [5.74, 6) is 0. The van der Waals surface area contributed by atoms with Crippen molar-refractivity contribution < 1.29 is 0 Å². The lowest BCUT2D eigenvalue weighted by Crippen LogP contribution is -2.20. The van der Waals surface area contributed by atoms with Gasteiger partial charge in [-0.3, -0.25) is 4.98 Å². The quantitative estimate of drug-likeness (QED) is 0.558. The van der Waals surface area contributed by atoms with Gasteiger partial charge in [0.1, 0.15) is 7.85 Å². The molecule has 0 unspecified atom stereocenters. The molecule has 0 fully saturated rings. The van der Waals surface area contributed by atoms with E-state index in [1.807, 2.05) is 6.07 Å². The molecule has 1 aromatic heterocycles. The Hall–Kier alpha value is -0.985. The highest BCUT2D eigenvalue weighted by atomic mass is 15.0. The molecule has 2 heterocycles. The number of nitrogens with one attached hydrogen (secondary N) is 1. The van der Waals surface area contributed by atoms with Gasteiger partial charge < -0.3 is 5.32 Å². The van der Waals surface area contributed by atoms with Crippen LogP contribution in [0.1, 0.15) is 19.5 Å². The van der Waals surface area contributed by atoms with Crippen LogP contribution in [-0.2, 0) is 5.41 Å². The average molecular weight is 158 g/mol. The Morgan fingerprint density at radius 2 is 2.33 bits per heavy atom. The van der Waals surface area contributed by atoms with Crippen molar-refractivity contribution in [2.24, 2.45) is 0 Å². The van der Waals surface area contributed by atoms with Gasteiger partial charge in [0.25, 0.3) is 0 Å². The number of pyridine rings is 1. The SMILES string of the molecule is [B]c1cnc2c(c1)NCC2(C)C. The third-order valence-corrected chi connectivity index (χ3v) is 2.27. The van der Waals surface area contributed by atoms with E-state index >= 15 is 0 Å². The zero-order valence-corrected chi connectivity index (χ0v) is 7.39. The molecule has 0 saturated heterocycles. The first-order valence-corrected chi connectivity index (χ1v) is 4.09. The maximum Gasteiger partial charge on any atom is 0.116 e. The van der Waals surface area contributed by atoms with E-state index in [0.717, 1.165) is 23.4 Å². The van der Waals surface area contributed by atoms with Gasteiger partial charge in [-0.25, -0.2) is 0 Å². The van der Waals surface area contributed by atoms with Gasteiger partial charge in [0.15, 0.2) is 0 Å². The Balaban J connectivity index is 2.55. The van der Waals surface area contributed by atoms with E-state index in [0.29, 0.717) is 0 Å². The highest BCUT2D eigenvalue weighted by molar-refractivity contribution is 6.32. The molecule has 0 saturated carbocycles. The molecule has 0 bridgehead atoms. The van der Waals surface area contributed by atoms with Crippen LogP contribution in [0, 0.1) is 0 Å². The molecule has 0 aromatic carbocycles. The van der Waals surface area contributed by atoms with Crippen LogP contribution in [0.2, 0.25) is 0 Å². The smallest absolute Gasteiger partial charge is 0.116 e. The van der Waals surface area contributed by atoms with Gasteiger partial charge in [-0.2, -0.15) is 0 Å². The van der Waals surface area contributed by atoms with Crippen molar-refractivity contribution in [1.82, 2.24) is 4.98 Å². The maximum atomic E-state index is 5.62. The summed E-state index contributed by atoms with van der Waals surface area (Å²) in [7, 11) is 5.62. The Labute approximate surface area is 73.8 Å². The van der Waals surface area contributed by atoms with Crippen LogP contribution in [0.4, 0.5) is 5.69 Å². The number of hydrogen-bond acceptors (Lipinski definition) is 2. The van der Waals surface area contributed by atoms with Crippen LogP contribution in [0.3, 0.4) is 0 Å². The number of anilines is 1. The molecule has 2 nitrogen and oxygen atoms in total. The van der Waals surface area contributed by atoms with E-state index < -0.39 is 0 Å². The first-order valence-electron chi connectivity index (χ1n) is 4.09. The van der Waals surface area contributed by atoms with Crippen molar-refractivity contribution in [3.8, 4) is 0 Å². The molecule has 1 aromatic rings. The minimum absolute atomic E-state index is 0.142. The molecule has 1 aliphatic heterocycles. The van der Waals surface area contributed by atoms with Crippen LogP contribution in [0.5, 0.6) is 0 Å². The molecule has 2 rings (SSSR count). The fraction of sp³-hybridized carbons (Fsp3) is 0.444. The zero-order chi connectivity index (χ0) is 8.77. The summed E-state index contributed by atoms with van der Waals surface area (Å²) >= 11 is 0. The monoisotopic (exact) mass is 158 g/mol. The molecule has 1 aliphatic rings. The van der Waals surface area contributed by atoms with Crippen LogP contribution >= 0.6 is 0 Å². The second-order valence-electron chi connectivity index (χ2n) is 3.90. The number of aromatic nitrogens is 1. The summed E-state index contributed by atoms with van der Waals surface area (Å²) in [6.07, 6.45) is 1.72. The molecule has 0 spiro atoms. The first kappa shape index (κ1) is 7.65. The lowest BCUT2D eigenvalue weighted by atomic mass is 9.90. The Kier molecular flexibility index (Phi) is 1.44. The zero-order valence-electron chi connectivity index (χ0n) is 7.39. The first-order chi connectivity index (χ1) is 5.59. The summed E-state index contributed by atoms with van der Waals surface area (Å²) in [6, 6.07) is 1.94. The molecular weight excluding hydrogens is 147 g/mol. The minimum Gasteiger partial charge on any atom is -0.383 e. The topological polar surface area (TPSA) is 24.9 Å². The van der Waals surface area contributed by atoms with Crippen LogP contribution in [0.15, 0.2) is 12.3 Å². The standard InChI is InChI=1S/C9H11BN2/c1-9(2)5-12-7-3-6(10)4-11-8(7)9/h3-4,12H,5H2,1-2H3. The minimum atomic E-state index is 0.142. The second-order valence-corrected chi connectivity index (χ2v) is 3.90. The molecule has 0 amide bonds. The third kappa shape index (κ3) is 1.00. The van der Waals surface area contributed by atoms with Gasteiger partial charge in [0, 0.05) is 18.2 Å². The fourth-order valence-corrected chi connectivity index (χ4v) is 1.55. The highest BCUT2D eigenvalue weighted by Gasteiger charge is 2.30. The van der Waals surface area contributed by atoms with Crippen LogP contribution in [-0.4, -0.2) is 19.4 Å². The molecule has 0 atom stereocenters. The summed E-state index contributed by atoms with van der Waals surface area (Å²) < 4.78 is 0. The van der Waals surface area contributed by atoms with E-state index in [9.17, 15) is 0 Å². The third-order valence-electron chi connectivity index (χ3n) is 2.27. The van der Waals surface area contributed by atoms with Crippen molar-refractivity contribution in [3.63, 3.8) is 0 Å². The molecule has 12 heavy (non-hydrogen) atoms. The molecule has 60 valence electrons. The van der Waals surface area contributed by atoms with Crippen LogP contribution < -0.4 is 10.8 Å². The van der Waals surface area contributed by atoms with E-state index in [1.54, 1.807) is 6.20 Å². The Morgan fingerprint density at radius 3 is 3.08 bits per heavy atom. The normalized spacial score (nSPS) is 18.5. The van der Waals surface area contributed by atoms with Crippen molar-refractivity contribution in [2.75, 3.05) is 11.9 Å². The summed E-state index contributed by atoms with van der Waals surface area (Å²) in [6.45, 7) is 5.29. The molecular formula is C9H11BN2. The van der Waals surface area contributed by atoms with E-state index in [2.05, 4.69) is 24.1 Å². The van der Waals surface area contributed by atoms with Gasteiger partial charge in [-0.1, -0.05) is 19.3 Å². The van der Waals surface area contributed by atoms with Crippen molar-refractivity contribution in [2.45, 2.75) is 19.3 Å². The molecule has 2 radical (unpaired) electrons. The van der Waals surface area contributed by atoms with Gasteiger partial charge in [0.05, 0.1) is 11.4 Å². The highest BCUT2D eigenvalue weighted by Crippen LogP contribution is 2.32. The van der Waals surface area contributed by atoms with Crippen LogP contribution in [0.25, 0.3) is 0 Å². The summed E-state index contributed by atoms with van der Waals surface area (Å²) in [4.78, 5) is 4.32. The van der Waals surface area contributed by atoms with Crippen molar-refractivity contribution >= 4 is 19.0 Å². The van der Waals surface area contributed by atoms with Gasteiger partial charge in [0.2, 0.25) is 0 Å². The maximum absolute atomic E-state index is 5.62. The van der Waals surface area contributed by atoms with Crippen molar-refractivity contribution in [1.29, 1.82) is 0 Å². The van der Waals surface area contributed by atoms with Crippen molar-refractivity contribution in [3.05, 3.63) is 18.0 Å². The predicted molar refractivity (Wildman–Crippen MR) is 51.1 cm³/mol.